The predicted octanol–water partition coefficient (Wildman–Crippen LogP) is 2.92. The van der Waals surface area contributed by atoms with Crippen LogP contribution < -0.4 is 16.9 Å². The number of nitrogen functional groups attached to an aromatic ring is 1. The summed E-state index contributed by atoms with van der Waals surface area (Å²) in [5, 5.41) is 3.82. The molecule has 0 aliphatic rings. The van der Waals surface area contributed by atoms with E-state index < -0.39 is 0 Å². The minimum Gasteiger partial charge on any atom is -0.399 e. The number of benzene rings is 2. The van der Waals surface area contributed by atoms with E-state index in [9.17, 15) is 9.59 Å². The minimum absolute atomic E-state index is 0.234. The molecule has 7 heteroatoms. The Kier molecular flexibility index (Phi) is 3.70. The highest BCUT2D eigenvalue weighted by molar-refractivity contribution is 6.32. The molecule has 0 spiro atoms. The van der Waals surface area contributed by atoms with Crippen LogP contribution in [0, 0.1) is 0 Å². The molecule has 0 amide bonds. The number of para-hydroxylation sites is 1. The Balaban J connectivity index is 2.13. The Bertz CT molecular complexity index is 1270. The van der Waals surface area contributed by atoms with E-state index in [0.29, 0.717) is 38.6 Å². The highest BCUT2D eigenvalue weighted by Crippen LogP contribution is 2.27. The van der Waals surface area contributed by atoms with Crippen LogP contribution in [0.5, 0.6) is 0 Å². The average Bonchev–Trinajstić information content (AvgIpc) is 2.92. The zero-order valence-electron chi connectivity index (χ0n) is 13.9. The monoisotopic (exact) mass is 366 g/mol. The maximum atomic E-state index is 13.2. The molecule has 0 aliphatic heterocycles. The van der Waals surface area contributed by atoms with E-state index in [1.807, 2.05) is 6.07 Å². The summed E-state index contributed by atoms with van der Waals surface area (Å²) in [6, 6.07) is 15.5. The fraction of sp³-hybridized carbons (Fsp3) is 0.0526. The highest BCUT2D eigenvalue weighted by atomic mass is 35.5. The molecule has 130 valence electrons. The maximum absolute atomic E-state index is 13.2. The molecule has 2 aromatic carbocycles. The van der Waals surface area contributed by atoms with E-state index >= 15 is 0 Å². The molecule has 0 fully saturated rings. The number of rotatable bonds is 2. The number of fused-ring (bicyclic) bond motifs is 1. The summed E-state index contributed by atoms with van der Waals surface area (Å²) in [5.74, 6) is 0. The van der Waals surface area contributed by atoms with E-state index in [2.05, 4.69) is 5.10 Å². The highest BCUT2D eigenvalue weighted by Gasteiger charge is 2.18. The molecule has 3 N–H and O–H groups in total. The van der Waals surface area contributed by atoms with Crippen LogP contribution in [0.15, 0.2) is 64.2 Å². The van der Waals surface area contributed by atoms with Gasteiger partial charge in [-0.1, -0.05) is 35.9 Å². The number of aromatic amines is 1. The molecule has 2 aromatic heterocycles. The second-order valence-corrected chi connectivity index (χ2v) is 6.42. The van der Waals surface area contributed by atoms with Crippen molar-refractivity contribution >= 4 is 28.2 Å². The molecule has 0 unspecified atom stereocenters. The number of pyridine rings is 1. The predicted molar refractivity (Wildman–Crippen MR) is 104 cm³/mol. The molecule has 4 rings (SSSR count). The van der Waals surface area contributed by atoms with Crippen LogP contribution in [0.25, 0.3) is 27.8 Å². The third-order valence-corrected chi connectivity index (χ3v) is 4.66. The molecule has 26 heavy (non-hydrogen) atoms. The summed E-state index contributed by atoms with van der Waals surface area (Å²) >= 11 is 6.24. The van der Waals surface area contributed by atoms with Gasteiger partial charge in [0.1, 0.15) is 0 Å². The van der Waals surface area contributed by atoms with Crippen LogP contribution in [-0.2, 0) is 7.05 Å². The lowest BCUT2D eigenvalue weighted by molar-refractivity contribution is 0.863. The van der Waals surface area contributed by atoms with Gasteiger partial charge in [0.2, 0.25) is 0 Å². The third kappa shape index (κ3) is 2.43. The van der Waals surface area contributed by atoms with Crippen molar-refractivity contribution in [2.75, 3.05) is 5.73 Å². The van der Waals surface area contributed by atoms with Crippen LogP contribution in [0.2, 0.25) is 5.02 Å². The van der Waals surface area contributed by atoms with Crippen LogP contribution in [0.1, 0.15) is 0 Å². The van der Waals surface area contributed by atoms with Crippen molar-refractivity contribution in [3.63, 3.8) is 0 Å². The lowest BCUT2D eigenvalue weighted by Crippen LogP contribution is -2.20. The number of hydrogen-bond donors (Lipinski definition) is 2. The number of nitrogens with zero attached hydrogens (tertiary/aromatic N) is 2. The van der Waals surface area contributed by atoms with E-state index in [0.717, 1.165) is 0 Å². The van der Waals surface area contributed by atoms with Crippen molar-refractivity contribution < 1.29 is 0 Å². The SMILES string of the molecule is Cn1c(-c2cccc(N)c2)c2c(=O)n(-c3ccccc3Cl)[nH]c2cc1=O. The normalized spacial score (nSPS) is 11.2. The van der Waals surface area contributed by atoms with Gasteiger partial charge in [-0.3, -0.25) is 14.7 Å². The molecule has 0 radical (unpaired) electrons. The van der Waals surface area contributed by atoms with Crippen LogP contribution >= 0.6 is 11.6 Å². The van der Waals surface area contributed by atoms with E-state index in [4.69, 9.17) is 17.3 Å². The van der Waals surface area contributed by atoms with Gasteiger partial charge in [-0.25, -0.2) is 4.68 Å². The summed E-state index contributed by atoms with van der Waals surface area (Å²) in [7, 11) is 1.63. The first-order valence-electron chi connectivity index (χ1n) is 7.93. The van der Waals surface area contributed by atoms with Gasteiger partial charge < -0.3 is 10.3 Å². The van der Waals surface area contributed by atoms with Crippen molar-refractivity contribution in [1.29, 1.82) is 0 Å². The lowest BCUT2D eigenvalue weighted by Gasteiger charge is -2.09. The first-order chi connectivity index (χ1) is 12.5. The largest absolute Gasteiger partial charge is 0.399 e. The summed E-state index contributed by atoms with van der Waals surface area (Å²) in [5.41, 5.74) is 8.07. The minimum atomic E-state index is -0.291. The molecule has 6 nitrogen and oxygen atoms in total. The van der Waals surface area contributed by atoms with E-state index in [1.165, 1.54) is 15.3 Å². The maximum Gasteiger partial charge on any atom is 0.281 e. The summed E-state index contributed by atoms with van der Waals surface area (Å²) in [6.45, 7) is 0. The Labute approximate surface area is 153 Å². The van der Waals surface area contributed by atoms with Gasteiger partial charge in [-0.05, 0) is 24.3 Å². The summed E-state index contributed by atoms with van der Waals surface area (Å²) in [4.78, 5) is 25.6. The third-order valence-electron chi connectivity index (χ3n) is 4.34. The van der Waals surface area contributed by atoms with Gasteiger partial charge in [-0.2, -0.15) is 0 Å². The smallest absolute Gasteiger partial charge is 0.281 e. The van der Waals surface area contributed by atoms with Gasteiger partial charge in [0, 0.05) is 24.4 Å². The van der Waals surface area contributed by atoms with Crippen molar-refractivity contribution in [3.05, 3.63) is 80.3 Å². The summed E-state index contributed by atoms with van der Waals surface area (Å²) in [6.07, 6.45) is 0. The molecule has 0 saturated heterocycles. The topological polar surface area (TPSA) is 85.8 Å². The average molecular weight is 367 g/mol. The first-order valence-corrected chi connectivity index (χ1v) is 8.31. The Morgan fingerprint density at radius 3 is 2.54 bits per heavy atom. The van der Waals surface area contributed by atoms with Gasteiger partial charge in [0.15, 0.2) is 0 Å². The molecule has 0 atom stereocenters. The molecule has 0 saturated carbocycles. The second kappa shape index (κ2) is 5.93. The Hall–Kier alpha value is -3.25. The molecular weight excluding hydrogens is 352 g/mol. The number of anilines is 1. The van der Waals surface area contributed by atoms with E-state index in [1.54, 1.807) is 49.5 Å². The fourth-order valence-corrected chi connectivity index (χ4v) is 3.33. The van der Waals surface area contributed by atoms with Crippen LogP contribution in [-0.4, -0.2) is 14.3 Å². The van der Waals surface area contributed by atoms with Gasteiger partial charge in [0.25, 0.3) is 11.1 Å². The van der Waals surface area contributed by atoms with Crippen molar-refractivity contribution in [3.8, 4) is 16.9 Å². The Morgan fingerprint density at radius 2 is 1.81 bits per heavy atom. The zero-order valence-corrected chi connectivity index (χ0v) is 14.6. The van der Waals surface area contributed by atoms with Crippen molar-refractivity contribution in [2.24, 2.45) is 7.05 Å². The molecule has 0 bridgehead atoms. The standard InChI is InChI=1S/C19H15ClN4O2/c1-23-16(25)10-14-17(18(23)11-5-4-6-12(21)9-11)19(26)24(22-14)15-8-3-2-7-13(15)20/h2-10,22H,21H2,1H3. The number of nitrogens with one attached hydrogen (secondary N) is 1. The first kappa shape index (κ1) is 16.2. The van der Waals surface area contributed by atoms with Crippen LogP contribution in [0.4, 0.5) is 5.69 Å². The Morgan fingerprint density at radius 1 is 1.04 bits per heavy atom. The molecule has 0 aliphatic carbocycles. The van der Waals surface area contributed by atoms with E-state index in [-0.39, 0.29) is 11.1 Å². The fourth-order valence-electron chi connectivity index (χ4n) is 3.11. The lowest BCUT2D eigenvalue weighted by atomic mass is 10.1. The number of aromatic nitrogens is 3. The molecule has 2 heterocycles. The van der Waals surface area contributed by atoms with Crippen LogP contribution in [0.3, 0.4) is 0 Å². The molecular formula is C19H15ClN4O2. The zero-order chi connectivity index (χ0) is 18.4. The molecule has 4 aromatic rings. The second-order valence-electron chi connectivity index (χ2n) is 6.01. The van der Waals surface area contributed by atoms with Gasteiger partial charge in [0.05, 0.1) is 27.3 Å². The van der Waals surface area contributed by atoms with Crippen molar-refractivity contribution in [1.82, 2.24) is 14.3 Å². The van der Waals surface area contributed by atoms with Crippen molar-refractivity contribution in [2.45, 2.75) is 0 Å². The number of halogens is 1. The van der Waals surface area contributed by atoms with Gasteiger partial charge in [-0.15, -0.1) is 0 Å². The number of nitrogens with two attached hydrogens (primary N) is 1. The number of hydrogen-bond acceptors (Lipinski definition) is 3. The quantitative estimate of drug-likeness (QED) is 0.535. The van der Waals surface area contributed by atoms with Gasteiger partial charge >= 0.3 is 0 Å². The number of H-pyrrole nitrogens is 1. The summed E-state index contributed by atoms with van der Waals surface area (Å²) < 4.78 is 2.80.